The first-order valence-electron chi connectivity index (χ1n) is 4.80. The number of ether oxygens (including phenoxy) is 1. The van der Waals surface area contributed by atoms with Gasteiger partial charge >= 0.3 is 0 Å². The summed E-state index contributed by atoms with van der Waals surface area (Å²) in [6, 6.07) is 3.30. The van der Waals surface area contributed by atoms with Gasteiger partial charge in [0.2, 0.25) is 5.88 Å². The Hall–Kier alpha value is -0.960. The molecule has 1 saturated carbocycles. The van der Waals surface area contributed by atoms with Gasteiger partial charge in [0.1, 0.15) is 5.15 Å². The molecule has 1 aliphatic carbocycles. The SMILES string of the molecule is Nc1cc(Cl)nc(OCCC2CC2)c1. The highest BCUT2D eigenvalue weighted by molar-refractivity contribution is 6.29. The van der Waals surface area contributed by atoms with Crippen molar-refractivity contribution in [2.24, 2.45) is 5.92 Å². The molecule has 0 aromatic carbocycles. The molecule has 14 heavy (non-hydrogen) atoms. The maximum atomic E-state index is 5.73. The largest absolute Gasteiger partial charge is 0.478 e. The fourth-order valence-corrected chi connectivity index (χ4v) is 1.51. The van der Waals surface area contributed by atoms with Crippen LogP contribution in [0.4, 0.5) is 5.69 Å². The molecule has 4 heteroatoms. The molecular formula is C10H13ClN2O. The van der Waals surface area contributed by atoms with Crippen LogP contribution in [0.3, 0.4) is 0 Å². The highest BCUT2D eigenvalue weighted by atomic mass is 35.5. The third kappa shape index (κ3) is 2.77. The fraction of sp³-hybridized carbons (Fsp3) is 0.500. The molecule has 1 fully saturated rings. The molecule has 0 spiro atoms. The normalized spacial score (nSPS) is 15.5. The average Bonchev–Trinajstić information content (AvgIpc) is 2.86. The number of anilines is 1. The zero-order valence-electron chi connectivity index (χ0n) is 7.87. The van der Waals surface area contributed by atoms with Gasteiger partial charge in [-0.15, -0.1) is 0 Å². The zero-order chi connectivity index (χ0) is 9.97. The second-order valence-corrected chi connectivity index (χ2v) is 4.03. The number of halogens is 1. The van der Waals surface area contributed by atoms with Gasteiger partial charge in [0.15, 0.2) is 0 Å². The van der Waals surface area contributed by atoms with Crippen molar-refractivity contribution in [1.82, 2.24) is 4.98 Å². The summed E-state index contributed by atoms with van der Waals surface area (Å²) in [7, 11) is 0. The molecular weight excluding hydrogens is 200 g/mol. The van der Waals surface area contributed by atoms with Crippen LogP contribution in [0.2, 0.25) is 5.15 Å². The molecule has 0 atom stereocenters. The monoisotopic (exact) mass is 212 g/mol. The first-order valence-corrected chi connectivity index (χ1v) is 5.18. The van der Waals surface area contributed by atoms with E-state index in [4.69, 9.17) is 22.1 Å². The maximum Gasteiger partial charge on any atom is 0.216 e. The molecule has 76 valence electrons. The van der Waals surface area contributed by atoms with Crippen LogP contribution in [0.1, 0.15) is 19.3 Å². The lowest BCUT2D eigenvalue weighted by Gasteiger charge is -2.05. The van der Waals surface area contributed by atoms with Crippen LogP contribution < -0.4 is 10.5 Å². The number of hydrogen-bond donors (Lipinski definition) is 1. The van der Waals surface area contributed by atoms with Crippen LogP contribution >= 0.6 is 11.6 Å². The molecule has 3 nitrogen and oxygen atoms in total. The number of nitrogens with zero attached hydrogens (tertiary/aromatic N) is 1. The summed E-state index contributed by atoms with van der Waals surface area (Å²) in [5.41, 5.74) is 6.19. The molecule has 1 aliphatic rings. The molecule has 0 bridgehead atoms. The molecule has 1 aromatic rings. The number of hydrogen-bond acceptors (Lipinski definition) is 3. The van der Waals surface area contributed by atoms with E-state index < -0.39 is 0 Å². The van der Waals surface area contributed by atoms with E-state index in [1.165, 1.54) is 12.8 Å². The zero-order valence-corrected chi connectivity index (χ0v) is 8.63. The van der Waals surface area contributed by atoms with E-state index in [0.29, 0.717) is 23.3 Å². The third-order valence-electron chi connectivity index (χ3n) is 2.27. The van der Waals surface area contributed by atoms with Crippen LogP contribution in [0.25, 0.3) is 0 Å². The van der Waals surface area contributed by atoms with Gasteiger partial charge in [0, 0.05) is 11.8 Å². The van der Waals surface area contributed by atoms with Gasteiger partial charge in [0.25, 0.3) is 0 Å². The van der Waals surface area contributed by atoms with Crippen molar-refractivity contribution >= 4 is 17.3 Å². The Kier molecular flexibility index (Phi) is 2.77. The molecule has 0 aliphatic heterocycles. The highest BCUT2D eigenvalue weighted by Crippen LogP contribution is 2.32. The van der Waals surface area contributed by atoms with Gasteiger partial charge < -0.3 is 10.5 Å². The number of pyridine rings is 1. The van der Waals surface area contributed by atoms with Gasteiger partial charge in [0.05, 0.1) is 6.61 Å². The minimum absolute atomic E-state index is 0.381. The lowest BCUT2D eigenvalue weighted by atomic mass is 10.3. The summed E-state index contributed by atoms with van der Waals surface area (Å²) >= 11 is 5.73. The van der Waals surface area contributed by atoms with Gasteiger partial charge in [-0.25, -0.2) is 4.98 Å². The van der Waals surface area contributed by atoms with E-state index in [2.05, 4.69) is 4.98 Å². The summed E-state index contributed by atoms with van der Waals surface area (Å²) in [5.74, 6) is 1.39. The van der Waals surface area contributed by atoms with E-state index in [9.17, 15) is 0 Å². The van der Waals surface area contributed by atoms with E-state index in [1.54, 1.807) is 12.1 Å². The molecule has 0 saturated heterocycles. The van der Waals surface area contributed by atoms with Crippen molar-refractivity contribution in [2.45, 2.75) is 19.3 Å². The molecule has 0 unspecified atom stereocenters. The Morgan fingerprint density at radius 3 is 2.93 bits per heavy atom. The summed E-state index contributed by atoms with van der Waals surface area (Å²) in [4.78, 5) is 4.01. The van der Waals surface area contributed by atoms with Crippen LogP contribution in [-0.2, 0) is 0 Å². The molecule has 0 amide bonds. The predicted octanol–water partition coefficient (Wildman–Crippen LogP) is 2.50. The van der Waals surface area contributed by atoms with E-state index in [0.717, 1.165) is 12.3 Å². The van der Waals surface area contributed by atoms with Gasteiger partial charge in [-0.05, 0) is 18.4 Å². The Bertz CT molecular complexity index is 306. The number of aromatic nitrogens is 1. The summed E-state index contributed by atoms with van der Waals surface area (Å²) in [6.45, 7) is 0.706. The minimum atomic E-state index is 0.381. The lowest BCUT2D eigenvalue weighted by molar-refractivity contribution is 0.291. The van der Waals surface area contributed by atoms with Crippen molar-refractivity contribution in [3.05, 3.63) is 17.3 Å². The van der Waals surface area contributed by atoms with E-state index in [1.807, 2.05) is 0 Å². The maximum absolute atomic E-state index is 5.73. The second-order valence-electron chi connectivity index (χ2n) is 3.64. The van der Waals surface area contributed by atoms with Crippen molar-refractivity contribution in [1.29, 1.82) is 0 Å². The first kappa shape index (κ1) is 9.59. The summed E-state index contributed by atoms with van der Waals surface area (Å²) in [6.07, 6.45) is 3.79. The standard InChI is InChI=1S/C10H13ClN2O/c11-9-5-8(12)6-10(13-9)14-4-3-7-1-2-7/h5-7H,1-4H2,(H2,12,13). The van der Waals surface area contributed by atoms with Crippen LogP contribution in [0.5, 0.6) is 5.88 Å². The van der Waals surface area contributed by atoms with Crippen molar-refractivity contribution in [3.8, 4) is 5.88 Å². The number of nitrogen functional groups attached to an aromatic ring is 1. The molecule has 2 N–H and O–H groups in total. The predicted molar refractivity (Wildman–Crippen MR) is 56.5 cm³/mol. The molecule has 0 radical (unpaired) electrons. The smallest absolute Gasteiger partial charge is 0.216 e. The Balaban J connectivity index is 1.87. The van der Waals surface area contributed by atoms with Crippen LogP contribution in [-0.4, -0.2) is 11.6 Å². The van der Waals surface area contributed by atoms with Crippen LogP contribution in [0.15, 0.2) is 12.1 Å². The Labute approximate surface area is 88.2 Å². The Morgan fingerprint density at radius 1 is 1.50 bits per heavy atom. The van der Waals surface area contributed by atoms with Gasteiger partial charge in [-0.3, -0.25) is 0 Å². The molecule has 2 rings (SSSR count). The van der Waals surface area contributed by atoms with Crippen molar-refractivity contribution in [3.63, 3.8) is 0 Å². The van der Waals surface area contributed by atoms with Crippen molar-refractivity contribution < 1.29 is 4.74 Å². The summed E-state index contributed by atoms with van der Waals surface area (Å²) in [5, 5.41) is 0.381. The van der Waals surface area contributed by atoms with E-state index in [-0.39, 0.29) is 0 Å². The second kappa shape index (κ2) is 4.05. The summed E-state index contributed by atoms with van der Waals surface area (Å²) < 4.78 is 5.44. The van der Waals surface area contributed by atoms with Crippen molar-refractivity contribution in [2.75, 3.05) is 12.3 Å². The molecule has 1 heterocycles. The minimum Gasteiger partial charge on any atom is -0.478 e. The topological polar surface area (TPSA) is 48.1 Å². The highest BCUT2D eigenvalue weighted by Gasteiger charge is 2.20. The average molecular weight is 213 g/mol. The first-order chi connectivity index (χ1) is 6.74. The van der Waals surface area contributed by atoms with Crippen LogP contribution in [0, 0.1) is 5.92 Å². The number of rotatable bonds is 4. The fourth-order valence-electron chi connectivity index (χ4n) is 1.30. The van der Waals surface area contributed by atoms with Gasteiger partial charge in [-0.1, -0.05) is 24.4 Å². The van der Waals surface area contributed by atoms with E-state index >= 15 is 0 Å². The quantitative estimate of drug-likeness (QED) is 0.781. The van der Waals surface area contributed by atoms with Gasteiger partial charge in [-0.2, -0.15) is 0 Å². The Morgan fingerprint density at radius 2 is 2.29 bits per heavy atom. The third-order valence-corrected chi connectivity index (χ3v) is 2.46. The molecule has 1 aromatic heterocycles. The lowest BCUT2D eigenvalue weighted by Crippen LogP contribution is -2.00. The number of nitrogens with two attached hydrogens (primary N) is 1.